The molecule has 2 N–H and O–H groups in total. The molecule has 0 saturated carbocycles. The van der Waals surface area contributed by atoms with Crippen LogP contribution in [0.3, 0.4) is 0 Å². The van der Waals surface area contributed by atoms with Crippen molar-refractivity contribution in [2.24, 2.45) is 0 Å². The third kappa shape index (κ3) is 5.33. The van der Waals surface area contributed by atoms with Gasteiger partial charge in [-0.25, -0.2) is 9.59 Å². The van der Waals surface area contributed by atoms with Gasteiger partial charge in [0.1, 0.15) is 0 Å². The molecule has 0 radical (unpaired) electrons. The minimum absolute atomic E-state index is 0.798. The van der Waals surface area contributed by atoms with Crippen LogP contribution in [-0.4, -0.2) is 22.2 Å². The average molecular weight is 242 g/mol. The van der Waals surface area contributed by atoms with Crippen LogP contribution in [0.1, 0.15) is 11.1 Å². The molecule has 0 aromatic heterocycles. The van der Waals surface area contributed by atoms with E-state index in [-0.39, 0.29) is 0 Å². The molecular weight excluding hydrogens is 232 g/mol. The van der Waals surface area contributed by atoms with E-state index in [1.165, 1.54) is 12.2 Å². The largest absolute Gasteiger partial charge is 0.478 e. The third-order valence-electron chi connectivity index (χ3n) is 1.85. The van der Waals surface area contributed by atoms with Crippen molar-refractivity contribution in [2.45, 2.75) is 0 Å². The van der Waals surface area contributed by atoms with E-state index in [4.69, 9.17) is 10.2 Å². The number of benzene rings is 1. The predicted molar refractivity (Wildman–Crippen MR) is 66.8 cm³/mol. The molecule has 4 nitrogen and oxygen atoms in total. The number of hydrogen-bond donors (Lipinski definition) is 2. The number of carbonyl (C=O) groups is 2. The van der Waals surface area contributed by atoms with E-state index in [9.17, 15) is 9.59 Å². The molecule has 1 aromatic carbocycles. The third-order valence-corrected chi connectivity index (χ3v) is 1.85. The molecule has 0 fully saturated rings. The zero-order chi connectivity index (χ0) is 13.4. The van der Waals surface area contributed by atoms with Crippen molar-refractivity contribution in [3.05, 3.63) is 59.0 Å². The summed E-state index contributed by atoms with van der Waals surface area (Å²) in [6, 6.07) is 7.04. The molecule has 0 atom stereocenters. The van der Waals surface area contributed by atoms with Gasteiger partial charge in [-0.2, -0.15) is 0 Å². The Hall–Kier alpha value is -2.80. The van der Waals surface area contributed by atoms with Crippen molar-refractivity contribution in [1.82, 2.24) is 0 Å². The van der Waals surface area contributed by atoms with Crippen molar-refractivity contribution < 1.29 is 19.8 Å². The Morgan fingerprint density at radius 3 is 1.44 bits per heavy atom. The quantitative estimate of drug-likeness (QED) is 0.627. The predicted octanol–water partition coefficient (Wildman–Crippen LogP) is 2.19. The lowest BCUT2D eigenvalue weighted by molar-refractivity contribution is -0.132. The van der Waals surface area contributed by atoms with Gasteiger partial charge in [-0.15, -0.1) is 11.5 Å². The van der Waals surface area contributed by atoms with Crippen LogP contribution in [-0.2, 0) is 9.59 Å². The number of aliphatic carboxylic acids is 2. The highest BCUT2D eigenvalue weighted by molar-refractivity contribution is 5.80. The van der Waals surface area contributed by atoms with E-state index in [0.717, 1.165) is 23.3 Å². The van der Waals surface area contributed by atoms with Gasteiger partial charge in [0, 0.05) is 0 Å². The lowest BCUT2D eigenvalue weighted by Crippen LogP contribution is -1.83. The highest BCUT2D eigenvalue weighted by atomic mass is 16.4. The number of hydrogen-bond acceptors (Lipinski definition) is 2. The minimum Gasteiger partial charge on any atom is -0.478 e. The smallest absolute Gasteiger partial charge is 0.336 e. The zero-order valence-corrected chi connectivity index (χ0v) is 9.33. The van der Waals surface area contributed by atoms with Gasteiger partial charge in [-0.05, 0) is 23.3 Å². The number of rotatable bonds is 4. The summed E-state index contributed by atoms with van der Waals surface area (Å²) in [5.41, 5.74) is 6.63. The standard InChI is InChI=1S/C14H10O4/c15-13(16)5-1-3-11-7-9-12(10-8-11)4-2-6-14(17)18/h3-10H,(H,15,16)(H,17,18). The Kier molecular flexibility index (Phi) is 4.95. The fourth-order valence-electron chi connectivity index (χ4n) is 1.11. The second kappa shape index (κ2) is 6.71. The van der Waals surface area contributed by atoms with Gasteiger partial charge in [0.15, 0.2) is 0 Å². The molecule has 1 rings (SSSR count). The van der Waals surface area contributed by atoms with Gasteiger partial charge >= 0.3 is 11.9 Å². The lowest BCUT2D eigenvalue weighted by Gasteiger charge is -1.92. The summed E-state index contributed by atoms with van der Waals surface area (Å²) in [6.45, 7) is 0. The molecule has 90 valence electrons. The first-order chi connectivity index (χ1) is 8.58. The normalized spacial score (nSPS) is 8.44. The first kappa shape index (κ1) is 13.3. The first-order valence-electron chi connectivity index (χ1n) is 4.99. The SMILES string of the molecule is O=C(O)C=C=Cc1ccc(C=C=CC(=O)O)cc1. The topological polar surface area (TPSA) is 74.6 Å². The fourth-order valence-corrected chi connectivity index (χ4v) is 1.11. The monoisotopic (exact) mass is 242 g/mol. The van der Waals surface area contributed by atoms with Gasteiger partial charge in [-0.3, -0.25) is 0 Å². The summed E-state index contributed by atoms with van der Waals surface area (Å²) in [5, 5.41) is 16.7. The van der Waals surface area contributed by atoms with Crippen LogP contribution >= 0.6 is 0 Å². The van der Waals surface area contributed by atoms with E-state index >= 15 is 0 Å². The van der Waals surface area contributed by atoms with Crippen molar-refractivity contribution in [2.75, 3.05) is 0 Å². The lowest BCUT2D eigenvalue weighted by atomic mass is 10.1. The molecule has 0 aliphatic carbocycles. The molecule has 1 aromatic rings. The van der Waals surface area contributed by atoms with Crippen LogP contribution < -0.4 is 0 Å². The Bertz CT molecular complexity index is 513. The maximum absolute atomic E-state index is 10.2. The highest BCUT2D eigenvalue weighted by Gasteiger charge is 1.88. The van der Waals surface area contributed by atoms with E-state index in [1.54, 1.807) is 24.3 Å². The van der Waals surface area contributed by atoms with Crippen molar-refractivity contribution in [3.8, 4) is 0 Å². The van der Waals surface area contributed by atoms with Gasteiger partial charge in [0.25, 0.3) is 0 Å². The maximum atomic E-state index is 10.2. The van der Waals surface area contributed by atoms with E-state index in [0.29, 0.717) is 0 Å². The van der Waals surface area contributed by atoms with E-state index in [2.05, 4.69) is 11.5 Å². The molecule has 0 aliphatic rings. The second-order valence-electron chi connectivity index (χ2n) is 3.25. The summed E-state index contributed by atoms with van der Waals surface area (Å²) in [4.78, 5) is 20.4. The minimum atomic E-state index is -1.05. The molecule has 0 unspecified atom stereocenters. The van der Waals surface area contributed by atoms with Gasteiger partial charge in [-0.1, -0.05) is 24.3 Å². The van der Waals surface area contributed by atoms with Crippen molar-refractivity contribution in [1.29, 1.82) is 0 Å². The van der Waals surface area contributed by atoms with E-state index < -0.39 is 11.9 Å². The zero-order valence-electron chi connectivity index (χ0n) is 9.33. The Morgan fingerprint density at radius 2 is 1.17 bits per heavy atom. The fraction of sp³-hybridized carbons (Fsp3) is 0. The molecular formula is C14H10O4. The van der Waals surface area contributed by atoms with Gasteiger partial charge in [0.05, 0.1) is 12.2 Å². The van der Waals surface area contributed by atoms with Crippen molar-refractivity contribution in [3.63, 3.8) is 0 Å². The van der Waals surface area contributed by atoms with Crippen LogP contribution in [0.25, 0.3) is 12.2 Å². The molecule has 18 heavy (non-hydrogen) atoms. The molecule has 0 spiro atoms. The molecule has 0 amide bonds. The van der Waals surface area contributed by atoms with Crippen LogP contribution in [0.5, 0.6) is 0 Å². The molecule has 0 aliphatic heterocycles. The Morgan fingerprint density at radius 1 is 0.833 bits per heavy atom. The van der Waals surface area contributed by atoms with Crippen LogP contribution in [0.2, 0.25) is 0 Å². The molecule has 4 heteroatoms. The maximum Gasteiger partial charge on any atom is 0.336 e. The van der Waals surface area contributed by atoms with Gasteiger partial charge < -0.3 is 10.2 Å². The summed E-state index contributed by atoms with van der Waals surface area (Å²) >= 11 is 0. The summed E-state index contributed by atoms with van der Waals surface area (Å²) in [5.74, 6) is -2.10. The van der Waals surface area contributed by atoms with Crippen LogP contribution in [0, 0.1) is 0 Å². The number of carboxylic acid groups (broad SMARTS) is 2. The number of carboxylic acids is 2. The van der Waals surface area contributed by atoms with Gasteiger partial charge in [0.2, 0.25) is 0 Å². The average Bonchev–Trinajstić information content (AvgIpc) is 2.30. The molecule has 0 saturated heterocycles. The molecule has 0 heterocycles. The highest BCUT2D eigenvalue weighted by Crippen LogP contribution is 2.06. The second-order valence-corrected chi connectivity index (χ2v) is 3.25. The summed E-state index contributed by atoms with van der Waals surface area (Å²) in [7, 11) is 0. The van der Waals surface area contributed by atoms with Crippen molar-refractivity contribution >= 4 is 24.1 Å². The summed E-state index contributed by atoms with van der Waals surface area (Å²) in [6.07, 6.45) is 4.91. The Labute approximate surface area is 104 Å². The summed E-state index contributed by atoms with van der Waals surface area (Å²) < 4.78 is 0. The van der Waals surface area contributed by atoms with Crippen LogP contribution in [0.15, 0.2) is 47.9 Å². The van der Waals surface area contributed by atoms with Crippen LogP contribution in [0.4, 0.5) is 0 Å². The Balaban J connectivity index is 2.81. The van der Waals surface area contributed by atoms with E-state index in [1.807, 2.05) is 0 Å². The molecule has 0 bridgehead atoms. The first-order valence-corrected chi connectivity index (χ1v) is 4.99.